The van der Waals surface area contributed by atoms with Crippen molar-refractivity contribution in [2.75, 3.05) is 33.4 Å². The van der Waals surface area contributed by atoms with Crippen LogP contribution < -0.4 is 0 Å². The Labute approximate surface area is 187 Å². The lowest BCUT2D eigenvalue weighted by Crippen LogP contribution is -2.36. The van der Waals surface area contributed by atoms with Crippen LogP contribution in [0.15, 0.2) is 59.6 Å². The number of rotatable bonds is 7. The molecule has 31 heavy (non-hydrogen) atoms. The molecule has 1 saturated heterocycles. The number of carbonyl (C=O) groups excluding carboxylic acids is 1. The van der Waals surface area contributed by atoms with E-state index in [1.807, 2.05) is 68.6 Å². The molecule has 1 aliphatic rings. The first kappa shape index (κ1) is 21.7. The van der Waals surface area contributed by atoms with Gasteiger partial charge in [-0.15, -0.1) is 0 Å². The van der Waals surface area contributed by atoms with Crippen LogP contribution in [0.25, 0.3) is 10.9 Å². The van der Waals surface area contributed by atoms with Crippen LogP contribution in [0.4, 0.5) is 0 Å². The maximum Gasteiger partial charge on any atom is 0.235 e. The minimum absolute atomic E-state index is 0.0891. The Kier molecular flexibility index (Phi) is 7.17. The Morgan fingerprint density at radius 3 is 2.58 bits per heavy atom. The van der Waals surface area contributed by atoms with Gasteiger partial charge in [-0.25, -0.2) is 9.97 Å². The third-order valence-corrected chi connectivity index (χ3v) is 6.45. The van der Waals surface area contributed by atoms with E-state index in [0.717, 1.165) is 53.6 Å². The molecule has 7 heteroatoms. The van der Waals surface area contributed by atoms with Gasteiger partial charge in [0.05, 0.1) is 30.5 Å². The maximum absolute atomic E-state index is 13.0. The molecule has 1 unspecified atom stereocenters. The fraction of sp³-hybridized carbons (Fsp3) is 0.375. The van der Waals surface area contributed by atoms with Crippen LogP contribution in [0.5, 0.6) is 0 Å². The van der Waals surface area contributed by atoms with Crippen molar-refractivity contribution in [2.24, 2.45) is 0 Å². The van der Waals surface area contributed by atoms with E-state index in [0.29, 0.717) is 13.1 Å². The molecule has 162 valence electrons. The van der Waals surface area contributed by atoms with Crippen LogP contribution >= 0.6 is 11.8 Å². The Morgan fingerprint density at radius 2 is 1.81 bits per heavy atom. The van der Waals surface area contributed by atoms with E-state index in [4.69, 9.17) is 14.7 Å². The molecule has 6 nitrogen and oxygen atoms in total. The van der Waals surface area contributed by atoms with Crippen molar-refractivity contribution in [1.29, 1.82) is 0 Å². The van der Waals surface area contributed by atoms with Gasteiger partial charge in [-0.05, 0) is 18.6 Å². The topological polar surface area (TPSA) is 58.6 Å². The van der Waals surface area contributed by atoms with Gasteiger partial charge in [0.15, 0.2) is 0 Å². The summed E-state index contributed by atoms with van der Waals surface area (Å²) in [6, 6.07) is 18.1. The first-order valence-corrected chi connectivity index (χ1v) is 11.5. The van der Waals surface area contributed by atoms with Crippen LogP contribution in [0.1, 0.15) is 18.3 Å². The molecule has 1 atom stereocenters. The number of nitrogens with zero attached hydrogens (tertiary/aromatic N) is 4. The number of ether oxygens (including phenoxy) is 1. The number of amides is 1. The standard InChI is InChI=1S/C24H28N4O2S/c1-18(24(29)27(2)16-19-8-4-3-5-9-19)31-23-20-10-6-7-11-21(20)25-22(26-23)17-28-12-14-30-15-13-28/h3-11,18H,12-17H2,1-2H3. The number of carbonyl (C=O) groups is 1. The summed E-state index contributed by atoms with van der Waals surface area (Å²) in [5, 5.41) is 1.61. The van der Waals surface area contributed by atoms with Crippen LogP contribution in [0.3, 0.4) is 0 Å². The van der Waals surface area contributed by atoms with E-state index in [1.54, 1.807) is 4.90 Å². The number of aromatic nitrogens is 2. The lowest BCUT2D eigenvalue weighted by molar-refractivity contribution is -0.129. The highest BCUT2D eigenvalue weighted by Gasteiger charge is 2.22. The van der Waals surface area contributed by atoms with Crippen LogP contribution in [0, 0.1) is 0 Å². The smallest absolute Gasteiger partial charge is 0.235 e. The van der Waals surface area contributed by atoms with Crippen LogP contribution in [-0.4, -0.2) is 64.3 Å². The first-order valence-electron chi connectivity index (χ1n) is 10.6. The average molecular weight is 437 g/mol. The molecule has 1 amide bonds. The van der Waals surface area contributed by atoms with E-state index < -0.39 is 0 Å². The van der Waals surface area contributed by atoms with Gasteiger partial charge < -0.3 is 9.64 Å². The molecule has 1 aromatic heterocycles. The van der Waals surface area contributed by atoms with E-state index in [-0.39, 0.29) is 11.2 Å². The third-order valence-electron chi connectivity index (χ3n) is 5.36. The molecule has 0 radical (unpaired) electrons. The number of para-hydroxylation sites is 1. The van der Waals surface area contributed by atoms with Crippen molar-refractivity contribution >= 4 is 28.6 Å². The van der Waals surface area contributed by atoms with Gasteiger partial charge in [-0.1, -0.05) is 60.3 Å². The average Bonchev–Trinajstić information content (AvgIpc) is 2.80. The van der Waals surface area contributed by atoms with E-state index in [9.17, 15) is 4.79 Å². The molecule has 2 heterocycles. The zero-order valence-corrected chi connectivity index (χ0v) is 18.8. The number of benzene rings is 2. The van der Waals surface area contributed by atoms with E-state index >= 15 is 0 Å². The summed E-state index contributed by atoms with van der Waals surface area (Å²) in [5.74, 6) is 0.881. The van der Waals surface area contributed by atoms with Crippen LogP contribution in [0.2, 0.25) is 0 Å². The van der Waals surface area contributed by atoms with Gasteiger partial charge in [-0.2, -0.15) is 0 Å². The van der Waals surface area contributed by atoms with Gasteiger partial charge in [0.25, 0.3) is 0 Å². The highest BCUT2D eigenvalue weighted by Crippen LogP contribution is 2.30. The fourth-order valence-corrected chi connectivity index (χ4v) is 4.75. The predicted octanol–water partition coefficient (Wildman–Crippen LogP) is 3.60. The molecule has 0 saturated carbocycles. The van der Waals surface area contributed by atoms with Crippen LogP contribution in [-0.2, 0) is 22.6 Å². The molecule has 1 aliphatic heterocycles. The lowest BCUT2D eigenvalue weighted by Gasteiger charge is -2.26. The van der Waals surface area contributed by atoms with Crippen molar-refractivity contribution in [2.45, 2.75) is 30.3 Å². The van der Waals surface area contributed by atoms with E-state index in [2.05, 4.69) is 4.90 Å². The van der Waals surface area contributed by atoms with E-state index in [1.165, 1.54) is 11.8 Å². The summed E-state index contributed by atoms with van der Waals surface area (Å²) in [5.41, 5.74) is 2.04. The molecule has 0 N–H and O–H groups in total. The van der Waals surface area contributed by atoms with Crippen molar-refractivity contribution in [1.82, 2.24) is 19.8 Å². The Hall–Kier alpha value is -2.48. The lowest BCUT2D eigenvalue weighted by atomic mass is 10.2. The molecule has 0 spiro atoms. The Morgan fingerprint density at radius 1 is 1.10 bits per heavy atom. The SMILES string of the molecule is CC(Sc1nc(CN2CCOCC2)nc2ccccc12)C(=O)N(C)Cc1ccccc1. The first-order chi connectivity index (χ1) is 15.1. The summed E-state index contributed by atoms with van der Waals surface area (Å²) in [4.78, 5) is 26.8. The second-order valence-corrected chi connectivity index (χ2v) is 9.12. The number of fused-ring (bicyclic) bond motifs is 1. The Balaban J connectivity index is 1.51. The second kappa shape index (κ2) is 10.2. The molecular weight excluding hydrogens is 408 g/mol. The number of hydrogen-bond acceptors (Lipinski definition) is 6. The molecular formula is C24H28N4O2S. The fourth-order valence-electron chi connectivity index (χ4n) is 3.68. The molecule has 2 aromatic carbocycles. The highest BCUT2D eigenvalue weighted by atomic mass is 32.2. The number of hydrogen-bond donors (Lipinski definition) is 0. The predicted molar refractivity (Wildman–Crippen MR) is 124 cm³/mol. The maximum atomic E-state index is 13.0. The molecule has 0 bridgehead atoms. The molecule has 1 fully saturated rings. The molecule has 3 aromatic rings. The van der Waals surface area contributed by atoms with Gasteiger partial charge in [0.1, 0.15) is 10.9 Å². The minimum Gasteiger partial charge on any atom is -0.379 e. The van der Waals surface area contributed by atoms with Crippen molar-refractivity contribution < 1.29 is 9.53 Å². The van der Waals surface area contributed by atoms with Gasteiger partial charge in [0.2, 0.25) is 5.91 Å². The summed E-state index contributed by atoms with van der Waals surface area (Å²) in [6.07, 6.45) is 0. The summed E-state index contributed by atoms with van der Waals surface area (Å²) in [6.45, 7) is 6.50. The van der Waals surface area contributed by atoms with Crippen molar-refractivity contribution in [3.05, 3.63) is 66.0 Å². The van der Waals surface area contributed by atoms with Gasteiger partial charge in [-0.3, -0.25) is 9.69 Å². The minimum atomic E-state index is -0.247. The Bertz CT molecular complexity index is 1020. The zero-order valence-electron chi connectivity index (χ0n) is 18.0. The third kappa shape index (κ3) is 5.61. The second-order valence-electron chi connectivity index (χ2n) is 7.79. The summed E-state index contributed by atoms with van der Waals surface area (Å²) >= 11 is 1.51. The largest absolute Gasteiger partial charge is 0.379 e. The number of thioether (sulfide) groups is 1. The molecule has 0 aliphatic carbocycles. The normalized spacial score (nSPS) is 15.7. The zero-order chi connectivity index (χ0) is 21.6. The summed E-state index contributed by atoms with van der Waals surface area (Å²) < 4.78 is 5.45. The molecule has 4 rings (SSSR count). The van der Waals surface area contributed by atoms with Crippen molar-refractivity contribution in [3.8, 4) is 0 Å². The summed E-state index contributed by atoms with van der Waals surface area (Å²) in [7, 11) is 1.86. The number of morpholine rings is 1. The highest BCUT2D eigenvalue weighted by molar-refractivity contribution is 8.00. The van der Waals surface area contributed by atoms with Crippen molar-refractivity contribution in [3.63, 3.8) is 0 Å². The quantitative estimate of drug-likeness (QED) is 0.417. The monoisotopic (exact) mass is 436 g/mol. The van der Waals surface area contributed by atoms with Gasteiger partial charge >= 0.3 is 0 Å². The van der Waals surface area contributed by atoms with Gasteiger partial charge in [0, 0.05) is 32.1 Å².